The molecule has 4 rings (SSSR count). The summed E-state index contributed by atoms with van der Waals surface area (Å²) in [4.78, 5) is 32.0. The Morgan fingerprint density at radius 3 is 2.47 bits per heavy atom. The molecule has 13 nitrogen and oxygen atoms in total. The number of benzene rings is 2. The van der Waals surface area contributed by atoms with Crippen molar-refractivity contribution in [3.8, 4) is 17.3 Å². The molecule has 4 aromatic rings. The number of carbonyl (C=O) groups excluding carboxylic acids is 2. The van der Waals surface area contributed by atoms with Crippen LogP contribution in [0.15, 0.2) is 67.1 Å². The minimum absolute atomic E-state index is 0.0260. The molecule has 238 valence electrons. The molecule has 0 bridgehead atoms. The Kier molecular flexibility index (Phi) is 13.2. The van der Waals surface area contributed by atoms with Gasteiger partial charge in [0.1, 0.15) is 24.4 Å². The lowest BCUT2D eigenvalue weighted by atomic mass is 10.1. The highest BCUT2D eigenvalue weighted by atomic mass is 16.6. The first-order chi connectivity index (χ1) is 22.0. The fourth-order valence-electron chi connectivity index (χ4n) is 4.20. The first-order valence-electron chi connectivity index (χ1n) is 14.8. The normalized spacial score (nSPS) is 10.8. The van der Waals surface area contributed by atoms with E-state index in [1.807, 2.05) is 48.0 Å². The van der Waals surface area contributed by atoms with E-state index in [0.29, 0.717) is 55.7 Å². The van der Waals surface area contributed by atoms with Crippen LogP contribution in [0.1, 0.15) is 41.9 Å². The van der Waals surface area contributed by atoms with E-state index in [1.54, 1.807) is 24.4 Å². The van der Waals surface area contributed by atoms with Gasteiger partial charge in [-0.1, -0.05) is 6.07 Å². The fourth-order valence-corrected chi connectivity index (χ4v) is 4.20. The van der Waals surface area contributed by atoms with Crippen LogP contribution in [0.5, 0.6) is 5.75 Å². The van der Waals surface area contributed by atoms with Gasteiger partial charge in [0.05, 0.1) is 20.3 Å². The fraction of sp³-hybridized carbons (Fsp3) is 0.375. The van der Waals surface area contributed by atoms with Crippen LogP contribution in [0.3, 0.4) is 0 Å². The van der Waals surface area contributed by atoms with Gasteiger partial charge in [-0.15, -0.1) is 10.2 Å². The number of nitrogens with one attached hydrogen (secondary N) is 2. The van der Waals surface area contributed by atoms with E-state index in [2.05, 4.69) is 35.5 Å². The lowest BCUT2D eigenvalue weighted by Gasteiger charge is -2.10. The van der Waals surface area contributed by atoms with E-state index in [1.165, 1.54) is 13.4 Å². The van der Waals surface area contributed by atoms with Gasteiger partial charge < -0.3 is 34.1 Å². The summed E-state index contributed by atoms with van der Waals surface area (Å²) in [5.74, 6) is 1.53. The topological polar surface area (TPSA) is 152 Å². The van der Waals surface area contributed by atoms with Crippen LogP contribution in [0, 0.1) is 0 Å². The van der Waals surface area contributed by atoms with E-state index in [9.17, 15) is 9.59 Å². The number of rotatable bonds is 19. The van der Waals surface area contributed by atoms with Gasteiger partial charge in [-0.3, -0.25) is 4.79 Å². The third kappa shape index (κ3) is 11.0. The Morgan fingerprint density at radius 2 is 1.67 bits per heavy atom. The van der Waals surface area contributed by atoms with Crippen LogP contribution in [-0.2, 0) is 32.6 Å². The predicted molar refractivity (Wildman–Crippen MR) is 168 cm³/mol. The summed E-state index contributed by atoms with van der Waals surface area (Å²) in [6.07, 6.45) is 6.71. The van der Waals surface area contributed by atoms with Crippen molar-refractivity contribution >= 4 is 23.3 Å². The van der Waals surface area contributed by atoms with E-state index in [-0.39, 0.29) is 18.5 Å². The number of amides is 1. The molecular formula is C32H39N7O6. The SMILES string of the molecule is COC(=O)COCCCOCCCCCOc1ccc(NC(=O)c2cccc(NCc3nnc(-c4ccncn4)n3C)c2)cc1. The van der Waals surface area contributed by atoms with Crippen LogP contribution < -0.4 is 15.4 Å². The van der Waals surface area contributed by atoms with Crippen LogP contribution >= 0.6 is 0 Å². The second-order valence-corrected chi connectivity index (χ2v) is 10.0. The lowest BCUT2D eigenvalue weighted by molar-refractivity contribution is -0.146. The van der Waals surface area contributed by atoms with E-state index in [4.69, 9.17) is 14.2 Å². The maximum Gasteiger partial charge on any atom is 0.331 e. The highest BCUT2D eigenvalue weighted by Crippen LogP contribution is 2.19. The minimum Gasteiger partial charge on any atom is -0.494 e. The lowest BCUT2D eigenvalue weighted by Crippen LogP contribution is -2.12. The number of carbonyl (C=O) groups is 2. The second-order valence-electron chi connectivity index (χ2n) is 10.0. The molecule has 45 heavy (non-hydrogen) atoms. The number of ether oxygens (including phenoxy) is 4. The zero-order valence-electron chi connectivity index (χ0n) is 25.6. The maximum atomic E-state index is 12.9. The minimum atomic E-state index is -0.376. The average Bonchev–Trinajstić information content (AvgIpc) is 3.45. The molecule has 13 heteroatoms. The van der Waals surface area contributed by atoms with E-state index in [0.717, 1.165) is 42.9 Å². The molecule has 0 unspecified atom stereocenters. The molecule has 0 fully saturated rings. The van der Waals surface area contributed by atoms with Crippen molar-refractivity contribution in [3.63, 3.8) is 0 Å². The van der Waals surface area contributed by atoms with Gasteiger partial charge in [-0.2, -0.15) is 0 Å². The van der Waals surface area contributed by atoms with Crippen molar-refractivity contribution in [3.05, 3.63) is 78.5 Å². The summed E-state index contributed by atoms with van der Waals surface area (Å²) in [6, 6.07) is 16.4. The molecule has 0 aliphatic heterocycles. The highest BCUT2D eigenvalue weighted by Gasteiger charge is 2.12. The Bertz CT molecular complexity index is 1480. The highest BCUT2D eigenvalue weighted by molar-refractivity contribution is 6.04. The monoisotopic (exact) mass is 617 g/mol. The Hall–Kier alpha value is -4.88. The van der Waals surface area contributed by atoms with Gasteiger partial charge in [0, 0.05) is 50.0 Å². The molecule has 2 heterocycles. The second kappa shape index (κ2) is 18.0. The number of methoxy groups -OCH3 is 1. The quantitative estimate of drug-likeness (QED) is 0.115. The van der Waals surface area contributed by atoms with Crippen LogP contribution in [-0.4, -0.2) is 76.8 Å². The molecule has 0 spiro atoms. The summed E-state index contributed by atoms with van der Waals surface area (Å²) in [5.41, 5.74) is 2.68. The van der Waals surface area contributed by atoms with Crippen molar-refractivity contribution in [2.75, 3.05) is 50.8 Å². The first-order valence-corrected chi connectivity index (χ1v) is 14.8. The number of hydrogen-bond acceptors (Lipinski definition) is 11. The third-order valence-electron chi connectivity index (χ3n) is 6.69. The predicted octanol–water partition coefficient (Wildman–Crippen LogP) is 4.28. The summed E-state index contributed by atoms with van der Waals surface area (Å²) >= 11 is 0. The zero-order chi connectivity index (χ0) is 31.7. The van der Waals surface area contributed by atoms with Crippen LogP contribution in [0.2, 0.25) is 0 Å². The maximum absolute atomic E-state index is 12.9. The van der Waals surface area contributed by atoms with Crippen molar-refractivity contribution in [2.24, 2.45) is 7.05 Å². The zero-order valence-corrected chi connectivity index (χ0v) is 25.6. The number of nitrogens with zero attached hydrogens (tertiary/aromatic N) is 5. The molecule has 0 saturated heterocycles. The van der Waals surface area contributed by atoms with Crippen molar-refractivity contribution in [1.29, 1.82) is 0 Å². The number of anilines is 2. The Balaban J connectivity index is 1.11. The van der Waals surface area contributed by atoms with Gasteiger partial charge in [-0.05, 0) is 74.2 Å². The van der Waals surface area contributed by atoms with Crippen LogP contribution in [0.25, 0.3) is 11.5 Å². The van der Waals surface area contributed by atoms with Gasteiger partial charge in [0.2, 0.25) is 0 Å². The molecule has 0 aliphatic rings. The van der Waals surface area contributed by atoms with Gasteiger partial charge in [-0.25, -0.2) is 14.8 Å². The molecule has 0 saturated carbocycles. The standard InChI is InChI=1S/C32H39N7O6/c1-39-29(37-38-31(39)28-14-15-33-23-35-28)21-34-26-9-6-8-24(20-26)32(41)36-25-10-12-27(13-11-25)45-19-5-3-4-16-43-17-7-18-44-22-30(40)42-2/h6,8-15,20,23,34H,3-5,7,16-19,21-22H2,1-2H3,(H,36,41). The third-order valence-corrected chi connectivity index (χ3v) is 6.69. The molecule has 0 radical (unpaired) electrons. The molecule has 2 aromatic heterocycles. The van der Waals surface area contributed by atoms with Gasteiger partial charge in [0.25, 0.3) is 5.91 Å². The summed E-state index contributed by atoms with van der Waals surface area (Å²) in [7, 11) is 3.21. The van der Waals surface area contributed by atoms with E-state index >= 15 is 0 Å². The molecule has 2 aromatic carbocycles. The summed E-state index contributed by atoms with van der Waals surface area (Å²) < 4.78 is 23.0. The van der Waals surface area contributed by atoms with Crippen molar-refractivity contribution in [2.45, 2.75) is 32.2 Å². The number of aromatic nitrogens is 5. The molecule has 0 aliphatic carbocycles. The largest absolute Gasteiger partial charge is 0.494 e. The molecule has 2 N–H and O–H groups in total. The first kappa shape index (κ1) is 33.0. The smallest absolute Gasteiger partial charge is 0.331 e. The number of esters is 1. The average molecular weight is 618 g/mol. The molecular weight excluding hydrogens is 578 g/mol. The van der Waals surface area contributed by atoms with Gasteiger partial charge >= 0.3 is 5.97 Å². The number of hydrogen-bond donors (Lipinski definition) is 2. The van der Waals surface area contributed by atoms with Crippen molar-refractivity contribution in [1.82, 2.24) is 24.7 Å². The molecule has 1 amide bonds. The summed E-state index contributed by atoms with van der Waals surface area (Å²) in [5, 5.41) is 14.7. The Labute approximate surface area is 262 Å². The van der Waals surface area contributed by atoms with Crippen molar-refractivity contribution < 1.29 is 28.5 Å². The van der Waals surface area contributed by atoms with Crippen LogP contribution in [0.4, 0.5) is 11.4 Å². The van der Waals surface area contributed by atoms with E-state index < -0.39 is 0 Å². The number of unbranched alkanes of at least 4 members (excludes halogenated alkanes) is 2. The van der Waals surface area contributed by atoms with Gasteiger partial charge in [0.15, 0.2) is 11.6 Å². The summed E-state index contributed by atoms with van der Waals surface area (Å²) in [6.45, 7) is 2.74. The molecule has 0 atom stereocenters. The Morgan fingerprint density at radius 1 is 0.867 bits per heavy atom.